The summed E-state index contributed by atoms with van der Waals surface area (Å²) in [5.41, 5.74) is 6.37. The van der Waals surface area contributed by atoms with E-state index in [-0.39, 0.29) is 11.7 Å². The molecule has 18 heavy (non-hydrogen) atoms. The van der Waals surface area contributed by atoms with Crippen LogP contribution in [-0.2, 0) is 0 Å². The lowest BCUT2D eigenvalue weighted by molar-refractivity contribution is 0.311. The number of likely N-dealkylation sites (N-methyl/N-ethyl adjacent to an activating group) is 1. The van der Waals surface area contributed by atoms with Gasteiger partial charge in [0, 0.05) is 31.7 Å². The topological polar surface area (TPSA) is 65.1 Å². The number of nitrogens with two attached hydrogens (primary N) is 1. The molecule has 0 atom stereocenters. The number of anilines is 1. The van der Waals surface area contributed by atoms with Gasteiger partial charge in [0.25, 0.3) is 0 Å². The highest BCUT2D eigenvalue weighted by molar-refractivity contribution is 5.97. The molecular weight excluding hydrogens is 235 g/mol. The molecule has 3 N–H and O–H groups in total. The van der Waals surface area contributed by atoms with Crippen LogP contribution in [0.4, 0.5) is 10.1 Å². The van der Waals surface area contributed by atoms with Crippen LogP contribution in [0.1, 0.15) is 5.56 Å². The molecule has 1 aromatic rings. The summed E-state index contributed by atoms with van der Waals surface area (Å²) < 4.78 is 14.0. The van der Waals surface area contributed by atoms with E-state index in [1.807, 2.05) is 4.90 Å². The van der Waals surface area contributed by atoms with Gasteiger partial charge in [0.05, 0.1) is 5.69 Å². The third-order valence-electron chi connectivity index (χ3n) is 3.20. The van der Waals surface area contributed by atoms with Crippen LogP contribution in [-0.4, -0.2) is 49.2 Å². The number of oxime groups is 1. The van der Waals surface area contributed by atoms with E-state index in [0.717, 1.165) is 26.2 Å². The van der Waals surface area contributed by atoms with Crippen LogP contribution in [0, 0.1) is 5.82 Å². The zero-order valence-electron chi connectivity index (χ0n) is 10.3. The number of rotatable bonds is 2. The number of hydrogen-bond acceptors (Lipinski definition) is 4. The molecule has 0 saturated carbocycles. The van der Waals surface area contributed by atoms with Crippen molar-refractivity contribution in [1.82, 2.24) is 4.90 Å². The maximum atomic E-state index is 14.0. The number of benzene rings is 1. The minimum atomic E-state index is -0.344. The molecule has 0 aliphatic carbocycles. The van der Waals surface area contributed by atoms with Gasteiger partial charge in [-0.3, -0.25) is 0 Å². The summed E-state index contributed by atoms with van der Waals surface area (Å²) in [4.78, 5) is 4.21. The average Bonchev–Trinajstić information content (AvgIpc) is 2.39. The Hall–Kier alpha value is -1.82. The fraction of sp³-hybridized carbons (Fsp3) is 0.417. The maximum absolute atomic E-state index is 14.0. The van der Waals surface area contributed by atoms with Crippen molar-refractivity contribution in [2.45, 2.75) is 0 Å². The minimum Gasteiger partial charge on any atom is -0.409 e. The first-order valence-corrected chi connectivity index (χ1v) is 5.83. The molecule has 6 heteroatoms. The van der Waals surface area contributed by atoms with E-state index < -0.39 is 0 Å². The van der Waals surface area contributed by atoms with Crippen LogP contribution in [0.3, 0.4) is 0 Å². The Morgan fingerprint density at radius 1 is 1.33 bits per heavy atom. The summed E-state index contributed by atoms with van der Waals surface area (Å²) in [7, 11) is 2.05. The van der Waals surface area contributed by atoms with E-state index in [1.54, 1.807) is 12.1 Å². The predicted molar refractivity (Wildman–Crippen MR) is 68.6 cm³/mol. The Morgan fingerprint density at radius 3 is 2.56 bits per heavy atom. The standard InChI is InChI=1S/C12H17FN4O/c1-16-4-6-17(7-5-16)11-3-2-9(8-10(11)13)12(14)15-18/h2-3,8,18H,4-7H2,1H3,(H2,14,15). The fourth-order valence-electron chi connectivity index (χ4n) is 2.03. The Morgan fingerprint density at radius 2 is 2.00 bits per heavy atom. The molecule has 1 aliphatic rings. The molecule has 1 aromatic carbocycles. The zero-order chi connectivity index (χ0) is 13.1. The first-order chi connectivity index (χ1) is 8.61. The van der Waals surface area contributed by atoms with Crippen LogP contribution in [0.5, 0.6) is 0 Å². The zero-order valence-corrected chi connectivity index (χ0v) is 10.3. The number of halogens is 1. The van der Waals surface area contributed by atoms with Gasteiger partial charge in [-0.25, -0.2) is 4.39 Å². The molecule has 0 unspecified atom stereocenters. The first kappa shape index (κ1) is 12.6. The Balaban J connectivity index is 2.20. The van der Waals surface area contributed by atoms with Crippen molar-refractivity contribution in [2.24, 2.45) is 10.9 Å². The van der Waals surface area contributed by atoms with Crippen molar-refractivity contribution in [2.75, 3.05) is 38.1 Å². The highest BCUT2D eigenvalue weighted by Gasteiger charge is 2.17. The van der Waals surface area contributed by atoms with Crippen molar-refractivity contribution >= 4 is 11.5 Å². The summed E-state index contributed by atoms with van der Waals surface area (Å²) in [6.07, 6.45) is 0. The third kappa shape index (κ3) is 2.53. The van der Waals surface area contributed by atoms with Gasteiger partial charge in [0.2, 0.25) is 0 Å². The van der Waals surface area contributed by atoms with Gasteiger partial charge in [-0.1, -0.05) is 5.16 Å². The summed E-state index contributed by atoms with van der Waals surface area (Å²) >= 11 is 0. The van der Waals surface area contributed by atoms with Crippen LogP contribution >= 0.6 is 0 Å². The highest BCUT2D eigenvalue weighted by atomic mass is 19.1. The smallest absolute Gasteiger partial charge is 0.170 e. The molecule has 5 nitrogen and oxygen atoms in total. The van der Waals surface area contributed by atoms with Gasteiger partial charge < -0.3 is 20.7 Å². The van der Waals surface area contributed by atoms with Crippen molar-refractivity contribution in [1.29, 1.82) is 0 Å². The van der Waals surface area contributed by atoms with Gasteiger partial charge in [-0.15, -0.1) is 0 Å². The first-order valence-electron chi connectivity index (χ1n) is 5.83. The van der Waals surface area contributed by atoms with Crippen molar-refractivity contribution < 1.29 is 9.60 Å². The van der Waals surface area contributed by atoms with E-state index >= 15 is 0 Å². The molecule has 1 heterocycles. The minimum absolute atomic E-state index is 0.0844. The molecule has 1 saturated heterocycles. The lowest BCUT2D eigenvalue weighted by Crippen LogP contribution is -2.44. The summed E-state index contributed by atoms with van der Waals surface area (Å²) in [6, 6.07) is 4.63. The Bertz CT molecular complexity index is 455. The fourth-order valence-corrected chi connectivity index (χ4v) is 2.03. The van der Waals surface area contributed by atoms with Gasteiger partial charge in [-0.05, 0) is 25.2 Å². The SMILES string of the molecule is CN1CCN(c2ccc(/C(N)=N/O)cc2F)CC1. The summed E-state index contributed by atoms with van der Waals surface area (Å²) in [5.74, 6) is -0.428. The van der Waals surface area contributed by atoms with Gasteiger partial charge in [0.15, 0.2) is 5.84 Å². The van der Waals surface area contributed by atoms with Crippen LogP contribution in [0.15, 0.2) is 23.4 Å². The monoisotopic (exact) mass is 252 g/mol. The van der Waals surface area contributed by atoms with Gasteiger partial charge >= 0.3 is 0 Å². The van der Waals surface area contributed by atoms with Crippen molar-refractivity contribution in [3.63, 3.8) is 0 Å². The van der Waals surface area contributed by atoms with Crippen LogP contribution in [0.25, 0.3) is 0 Å². The number of hydrogen-bond donors (Lipinski definition) is 2. The van der Waals surface area contributed by atoms with Crippen molar-refractivity contribution in [3.8, 4) is 0 Å². The van der Waals surface area contributed by atoms with Crippen LogP contribution in [0.2, 0.25) is 0 Å². The summed E-state index contributed by atoms with van der Waals surface area (Å²) in [6.45, 7) is 3.44. The van der Waals surface area contributed by atoms with Crippen LogP contribution < -0.4 is 10.6 Å². The van der Waals surface area contributed by atoms with E-state index in [0.29, 0.717) is 11.3 Å². The number of nitrogens with zero attached hydrogens (tertiary/aromatic N) is 3. The van der Waals surface area contributed by atoms with E-state index in [9.17, 15) is 4.39 Å². The molecule has 1 aliphatic heterocycles. The Kier molecular flexibility index (Phi) is 3.66. The largest absolute Gasteiger partial charge is 0.409 e. The van der Waals surface area contributed by atoms with E-state index in [2.05, 4.69) is 17.1 Å². The van der Waals surface area contributed by atoms with Gasteiger partial charge in [-0.2, -0.15) is 0 Å². The molecule has 0 aromatic heterocycles. The quantitative estimate of drug-likeness (QED) is 0.351. The molecule has 98 valence electrons. The third-order valence-corrected chi connectivity index (χ3v) is 3.20. The lowest BCUT2D eigenvalue weighted by Gasteiger charge is -2.34. The molecule has 2 rings (SSSR count). The molecule has 0 bridgehead atoms. The highest BCUT2D eigenvalue weighted by Crippen LogP contribution is 2.21. The molecule has 0 spiro atoms. The predicted octanol–water partition coefficient (Wildman–Crippen LogP) is 0.672. The van der Waals surface area contributed by atoms with Gasteiger partial charge in [0.1, 0.15) is 5.82 Å². The number of amidine groups is 1. The molecule has 0 amide bonds. The molecular formula is C12H17FN4O. The molecule has 0 radical (unpaired) electrons. The second-order valence-electron chi connectivity index (χ2n) is 4.44. The Labute approximate surface area is 105 Å². The second-order valence-corrected chi connectivity index (χ2v) is 4.44. The maximum Gasteiger partial charge on any atom is 0.170 e. The molecule has 1 fully saturated rings. The van der Waals surface area contributed by atoms with Crippen molar-refractivity contribution in [3.05, 3.63) is 29.6 Å². The second kappa shape index (κ2) is 5.22. The number of piperazine rings is 1. The lowest BCUT2D eigenvalue weighted by atomic mass is 10.1. The van der Waals surface area contributed by atoms with E-state index in [4.69, 9.17) is 10.9 Å². The normalized spacial score (nSPS) is 18.1. The summed E-state index contributed by atoms with van der Waals surface area (Å²) in [5, 5.41) is 11.4. The average molecular weight is 252 g/mol. The van der Waals surface area contributed by atoms with E-state index in [1.165, 1.54) is 6.07 Å².